The van der Waals surface area contributed by atoms with E-state index in [0.717, 1.165) is 25.1 Å². The highest BCUT2D eigenvalue weighted by Gasteiger charge is 2.27. The van der Waals surface area contributed by atoms with Crippen LogP contribution in [0.15, 0.2) is 10.6 Å². The average molecular weight is 224 g/mol. The topological polar surface area (TPSA) is 75.4 Å². The van der Waals surface area contributed by atoms with E-state index in [1.165, 1.54) is 0 Å². The minimum absolute atomic E-state index is 0.0619. The summed E-state index contributed by atoms with van der Waals surface area (Å²) in [5.41, 5.74) is 0. The summed E-state index contributed by atoms with van der Waals surface area (Å²) in [6.07, 6.45) is 3.62. The van der Waals surface area contributed by atoms with Crippen molar-refractivity contribution < 1.29 is 14.3 Å². The third-order valence-corrected chi connectivity index (χ3v) is 2.91. The molecule has 0 bridgehead atoms. The number of rotatable bonds is 3. The highest BCUT2D eigenvalue weighted by atomic mass is 16.4. The van der Waals surface area contributed by atoms with Crippen LogP contribution in [0.2, 0.25) is 0 Å². The van der Waals surface area contributed by atoms with Gasteiger partial charge in [0.25, 0.3) is 0 Å². The van der Waals surface area contributed by atoms with E-state index in [-0.39, 0.29) is 18.4 Å². The van der Waals surface area contributed by atoms with Crippen molar-refractivity contribution in [2.75, 3.05) is 6.54 Å². The normalized spacial score (nSPS) is 25.6. The van der Waals surface area contributed by atoms with Crippen LogP contribution in [-0.2, 0) is 4.79 Å². The van der Waals surface area contributed by atoms with Gasteiger partial charge in [-0.1, -0.05) is 0 Å². The predicted octanol–water partition coefficient (Wildman–Crippen LogP) is 1.50. The van der Waals surface area contributed by atoms with Gasteiger partial charge in [0.1, 0.15) is 5.76 Å². The Hall–Kier alpha value is -1.36. The molecule has 2 atom stereocenters. The third kappa shape index (κ3) is 2.61. The molecule has 0 spiro atoms. The molecule has 1 fully saturated rings. The Bertz CT molecular complexity index is 375. The Balaban J connectivity index is 1.99. The number of piperidine rings is 1. The molecular formula is C11H16N2O3. The van der Waals surface area contributed by atoms with Crippen molar-refractivity contribution in [3.8, 4) is 0 Å². The summed E-state index contributed by atoms with van der Waals surface area (Å²) in [6, 6.07) is 0.0619. The summed E-state index contributed by atoms with van der Waals surface area (Å²) in [6.45, 7) is 2.68. The molecule has 0 saturated carbocycles. The van der Waals surface area contributed by atoms with Crippen LogP contribution in [0.25, 0.3) is 0 Å². The molecule has 2 unspecified atom stereocenters. The van der Waals surface area contributed by atoms with Crippen LogP contribution in [0, 0.1) is 12.8 Å². The number of oxazole rings is 1. The van der Waals surface area contributed by atoms with Gasteiger partial charge in [-0.3, -0.25) is 4.79 Å². The number of nitrogens with one attached hydrogen (secondary N) is 1. The van der Waals surface area contributed by atoms with Crippen molar-refractivity contribution in [1.82, 2.24) is 10.3 Å². The van der Waals surface area contributed by atoms with Crippen LogP contribution < -0.4 is 5.32 Å². The van der Waals surface area contributed by atoms with Crippen molar-refractivity contribution >= 4 is 5.97 Å². The summed E-state index contributed by atoms with van der Waals surface area (Å²) in [5, 5.41) is 12.1. The van der Waals surface area contributed by atoms with E-state index < -0.39 is 5.97 Å². The standard InChI is InChI=1S/C11H16N2O3/c1-7-6-13-11(16-7)9-4-8(2-3-12-9)5-10(14)15/h6,8-9,12H,2-5H2,1H3,(H,14,15). The Morgan fingerprint density at radius 3 is 3.19 bits per heavy atom. The number of aromatic nitrogens is 1. The number of aryl methyl sites for hydroxylation is 1. The molecule has 0 aromatic carbocycles. The first-order valence-electron chi connectivity index (χ1n) is 5.52. The number of carbonyl (C=O) groups is 1. The van der Waals surface area contributed by atoms with Gasteiger partial charge in [-0.15, -0.1) is 0 Å². The number of aliphatic carboxylic acids is 1. The lowest BCUT2D eigenvalue weighted by molar-refractivity contribution is -0.138. The SMILES string of the molecule is Cc1cnc(C2CC(CC(=O)O)CCN2)o1. The van der Waals surface area contributed by atoms with Gasteiger partial charge in [0, 0.05) is 6.42 Å². The maximum atomic E-state index is 10.7. The van der Waals surface area contributed by atoms with Gasteiger partial charge in [-0.2, -0.15) is 0 Å². The largest absolute Gasteiger partial charge is 0.481 e. The number of nitrogens with zero attached hydrogens (tertiary/aromatic N) is 1. The molecule has 0 radical (unpaired) electrons. The summed E-state index contributed by atoms with van der Waals surface area (Å²) >= 11 is 0. The Kier molecular flexibility index (Phi) is 3.24. The fraction of sp³-hybridized carbons (Fsp3) is 0.636. The Morgan fingerprint density at radius 1 is 1.75 bits per heavy atom. The lowest BCUT2D eigenvalue weighted by atomic mass is 9.90. The van der Waals surface area contributed by atoms with Gasteiger partial charge in [0.15, 0.2) is 0 Å². The number of carboxylic acids is 1. The fourth-order valence-electron chi connectivity index (χ4n) is 2.15. The minimum Gasteiger partial charge on any atom is -0.481 e. The van der Waals surface area contributed by atoms with Gasteiger partial charge < -0.3 is 14.8 Å². The van der Waals surface area contributed by atoms with Crippen molar-refractivity contribution in [3.05, 3.63) is 17.8 Å². The smallest absolute Gasteiger partial charge is 0.303 e. The molecule has 88 valence electrons. The molecule has 5 heteroatoms. The quantitative estimate of drug-likeness (QED) is 0.813. The molecule has 5 nitrogen and oxygen atoms in total. The monoisotopic (exact) mass is 224 g/mol. The van der Waals surface area contributed by atoms with Crippen LogP contribution in [0.4, 0.5) is 0 Å². The Morgan fingerprint density at radius 2 is 2.56 bits per heavy atom. The number of carboxylic acid groups (broad SMARTS) is 1. The van der Waals surface area contributed by atoms with Gasteiger partial charge >= 0.3 is 5.97 Å². The molecule has 1 aromatic heterocycles. The third-order valence-electron chi connectivity index (χ3n) is 2.91. The van der Waals surface area contributed by atoms with E-state index in [9.17, 15) is 4.79 Å². The molecule has 2 heterocycles. The highest BCUT2D eigenvalue weighted by Crippen LogP contribution is 2.28. The van der Waals surface area contributed by atoms with Gasteiger partial charge in [0.2, 0.25) is 5.89 Å². The molecule has 0 amide bonds. The van der Waals surface area contributed by atoms with E-state index in [4.69, 9.17) is 9.52 Å². The van der Waals surface area contributed by atoms with Crippen molar-refractivity contribution in [2.24, 2.45) is 5.92 Å². The average Bonchev–Trinajstić information content (AvgIpc) is 2.64. The minimum atomic E-state index is -0.728. The summed E-state index contributed by atoms with van der Waals surface area (Å²) in [5.74, 6) is 0.954. The maximum absolute atomic E-state index is 10.7. The second kappa shape index (κ2) is 4.65. The summed E-state index contributed by atoms with van der Waals surface area (Å²) in [7, 11) is 0. The molecule has 2 N–H and O–H groups in total. The lowest BCUT2D eigenvalue weighted by Crippen LogP contribution is -2.32. The molecule has 1 aromatic rings. The first-order chi connectivity index (χ1) is 7.65. The zero-order valence-corrected chi connectivity index (χ0v) is 9.27. The lowest BCUT2D eigenvalue weighted by Gasteiger charge is -2.27. The number of hydrogen-bond donors (Lipinski definition) is 2. The van der Waals surface area contributed by atoms with E-state index in [1.807, 2.05) is 6.92 Å². The van der Waals surface area contributed by atoms with Crippen molar-refractivity contribution in [1.29, 1.82) is 0 Å². The number of hydrogen-bond acceptors (Lipinski definition) is 4. The second-order valence-corrected chi connectivity index (χ2v) is 4.30. The van der Waals surface area contributed by atoms with E-state index in [1.54, 1.807) is 6.20 Å². The molecule has 16 heavy (non-hydrogen) atoms. The van der Waals surface area contributed by atoms with Crippen molar-refractivity contribution in [3.63, 3.8) is 0 Å². The van der Waals surface area contributed by atoms with Crippen LogP contribution in [-0.4, -0.2) is 22.6 Å². The van der Waals surface area contributed by atoms with Crippen LogP contribution in [0.5, 0.6) is 0 Å². The molecule has 2 rings (SSSR count). The molecular weight excluding hydrogens is 208 g/mol. The molecule has 1 aliphatic rings. The molecule has 1 aliphatic heterocycles. The van der Waals surface area contributed by atoms with Crippen LogP contribution in [0.3, 0.4) is 0 Å². The molecule has 0 aliphatic carbocycles. The van der Waals surface area contributed by atoms with Crippen molar-refractivity contribution in [2.45, 2.75) is 32.2 Å². The van der Waals surface area contributed by atoms with Gasteiger partial charge in [0.05, 0.1) is 12.2 Å². The first-order valence-corrected chi connectivity index (χ1v) is 5.52. The maximum Gasteiger partial charge on any atom is 0.303 e. The van der Waals surface area contributed by atoms with Crippen LogP contribution >= 0.6 is 0 Å². The fourth-order valence-corrected chi connectivity index (χ4v) is 2.15. The zero-order chi connectivity index (χ0) is 11.5. The predicted molar refractivity (Wildman–Crippen MR) is 57.0 cm³/mol. The van der Waals surface area contributed by atoms with E-state index in [0.29, 0.717) is 5.89 Å². The van der Waals surface area contributed by atoms with E-state index in [2.05, 4.69) is 10.3 Å². The van der Waals surface area contributed by atoms with Gasteiger partial charge in [-0.25, -0.2) is 4.98 Å². The van der Waals surface area contributed by atoms with Crippen LogP contribution in [0.1, 0.15) is 37.0 Å². The zero-order valence-electron chi connectivity index (χ0n) is 9.27. The van der Waals surface area contributed by atoms with Gasteiger partial charge in [-0.05, 0) is 32.2 Å². The summed E-state index contributed by atoms with van der Waals surface area (Å²) in [4.78, 5) is 14.8. The van der Waals surface area contributed by atoms with E-state index >= 15 is 0 Å². The second-order valence-electron chi connectivity index (χ2n) is 4.30. The molecule has 1 saturated heterocycles. The summed E-state index contributed by atoms with van der Waals surface area (Å²) < 4.78 is 5.46. The highest BCUT2D eigenvalue weighted by molar-refractivity contribution is 5.67. The first kappa shape index (κ1) is 11.1. The Labute approximate surface area is 93.9 Å².